The molecule has 0 bridgehead atoms. The molecule has 9 heteroatoms. The molecule has 1 fully saturated rings. The minimum atomic E-state index is -3.70. The highest BCUT2D eigenvalue weighted by atomic mass is 32.2. The molecule has 148 valence electrons. The number of rotatable bonds is 6. The van der Waals surface area contributed by atoms with Crippen LogP contribution in [-0.4, -0.2) is 47.0 Å². The Labute approximate surface area is 163 Å². The summed E-state index contributed by atoms with van der Waals surface area (Å²) in [7, 11) is -3.70. The number of nitrogens with one attached hydrogen (secondary N) is 1. The molecule has 0 unspecified atom stereocenters. The summed E-state index contributed by atoms with van der Waals surface area (Å²) in [5.74, 6) is 0.125. The number of hydrogen-bond acceptors (Lipinski definition) is 5. The summed E-state index contributed by atoms with van der Waals surface area (Å²) < 4.78 is 29.6. The normalized spacial score (nSPS) is 17.1. The first-order valence-electron chi connectivity index (χ1n) is 9.41. The van der Waals surface area contributed by atoms with Crippen LogP contribution in [0.3, 0.4) is 0 Å². The largest absolute Gasteiger partial charge is 0.328 e. The van der Waals surface area contributed by atoms with E-state index in [-0.39, 0.29) is 37.0 Å². The van der Waals surface area contributed by atoms with Crippen molar-refractivity contribution in [2.45, 2.75) is 38.6 Å². The van der Waals surface area contributed by atoms with Gasteiger partial charge in [-0.3, -0.25) is 19.2 Å². The minimum absolute atomic E-state index is 0.122. The molecule has 3 heterocycles. The first-order chi connectivity index (χ1) is 13.4. The van der Waals surface area contributed by atoms with Gasteiger partial charge in [-0.05, 0) is 25.0 Å². The zero-order valence-electron chi connectivity index (χ0n) is 15.4. The van der Waals surface area contributed by atoms with E-state index < -0.39 is 10.0 Å². The number of imidazole rings is 1. The number of piperidine rings is 1. The maximum absolute atomic E-state index is 12.5. The number of hydrogen-bond donors (Lipinski definition) is 1. The number of aromatic nitrogens is 2. The fourth-order valence-electron chi connectivity index (χ4n) is 3.72. The van der Waals surface area contributed by atoms with E-state index in [0.717, 1.165) is 41.4 Å². The highest BCUT2D eigenvalue weighted by Crippen LogP contribution is 2.27. The van der Waals surface area contributed by atoms with E-state index in [1.807, 2.05) is 12.3 Å². The zero-order valence-corrected chi connectivity index (χ0v) is 16.2. The zero-order chi connectivity index (χ0) is 19.7. The molecule has 8 nitrogen and oxygen atoms in total. The van der Waals surface area contributed by atoms with Crippen LogP contribution < -0.4 is 4.72 Å². The number of imide groups is 1. The molecule has 2 aliphatic heterocycles. The van der Waals surface area contributed by atoms with Gasteiger partial charge in [-0.2, -0.15) is 0 Å². The Bertz CT molecular complexity index is 1010. The van der Waals surface area contributed by atoms with Crippen molar-refractivity contribution in [2.75, 3.05) is 17.0 Å². The Morgan fingerprint density at radius 1 is 1.07 bits per heavy atom. The average Bonchev–Trinajstić information content (AvgIpc) is 3.24. The van der Waals surface area contributed by atoms with Crippen molar-refractivity contribution in [3.63, 3.8) is 0 Å². The SMILES string of the molecule is O=C1CCCC(=O)N1CCS(=O)(=O)Nc1cccc(-c2cnc3n2CCC3)c1. The molecule has 1 N–H and O–H groups in total. The maximum Gasteiger partial charge on any atom is 0.234 e. The van der Waals surface area contributed by atoms with Gasteiger partial charge in [0.05, 0.1) is 17.6 Å². The van der Waals surface area contributed by atoms with Crippen molar-refractivity contribution in [2.24, 2.45) is 0 Å². The van der Waals surface area contributed by atoms with Crippen LogP contribution in [0.1, 0.15) is 31.5 Å². The van der Waals surface area contributed by atoms with Gasteiger partial charge in [0.2, 0.25) is 21.8 Å². The average molecular weight is 402 g/mol. The predicted molar refractivity (Wildman–Crippen MR) is 104 cm³/mol. The van der Waals surface area contributed by atoms with Gasteiger partial charge in [0.15, 0.2) is 0 Å². The lowest BCUT2D eigenvalue weighted by Gasteiger charge is -2.24. The van der Waals surface area contributed by atoms with E-state index in [1.54, 1.807) is 18.2 Å². The van der Waals surface area contributed by atoms with Crippen LogP contribution in [0.25, 0.3) is 11.3 Å². The van der Waals surface area contributed by atoms with Gasteiger partial charge in [-0.15, -0.1) is 0 Å². The van der Waals surface area contributed by atoms with E-state index >= 15 is 0 Å². The third-order valence-electron chi connectivity index (χ3n) is 5.12. The minimum Gasteiger partial charge on any atom is -0.328 e. The summed E-state index contributed by atoms with van der Waals surface area (Å²) in [6.07, 6.45) is 4.95. The van der Waals surface area contributed by atoms with E-state index in [9.17, 15) is 18.0 Å². The van der Waals surface area contributed by atoms with Gasteiger partial charge in [0.1, 0.15) is 5.82 Å². The fourth-order valence-corrected chi connectivity index (χ4v) is 4.73. The molecule has 0 aliphatic carbocycles. The van der Waals surface area contributed by atoms with Crippen LogP contribution in [0.4, 0.5) is 5.69 Å². The summed E-state index contributed by atoms with van der Waals surface area (Å²) in [5, 5.41) is 0. The van der Waals surface area contributed by atoms with Crippen LogP contribution >= 0.6 is 0 Å². The number of nitrogens with zero attached hydrogens (tertiary/aromatic N) is 3. The monoisotopic (exact) mass is 402 g/mol. The van der Waals surface area contributed by atoms with Crippen LogP contribution in [0.15, 0.2) is 30.5 Å². The number of aryl methyl sites for hydroxylation is 1. The molecule has 0 spiro atoms. The first-order valence-corrected chi connectivity index (χ1v) is 11.1. The molecule has 2 aliphatic rings. The number of likely N-dealkylation sites (tertiary alicyclic amines) is 1. The molecular weight excluding hydrogens is 380 g/mol. The summed E-state index contributed by atoms with van der Waals surface area (Å²) in [6, 6.07) is 7.17. The molecule has 1 saturated heterocycles. The number of benzene rings is 1. The first kappa shape index (κ1) is 18.7. The van der Waals surface area contributed by atoms with E-state index in [2.05, 4.69) is 14.3 Å². The van der Waals surface area contributed by atoms with Gasteiger partial charge in [-0.25, -0.2) is 13.4 Å². The molecule has 4 rings (SSSR count). The lowest BCUT2D eigenvalue weighted by Crippen LogP contribution is -2.43. The smallest absolute Gasteiger partial charge is 0.234 e. The highest BCUT2D eigenvalue weighted by Gasteiger charge is 2.27. The standard InChI is InChI=1S/C19H22N4O4S/c24-18-7-2-8-19(25)23(18)10-11-28(26,27)21-15-5-1-4-14(12-15)16-13-20-17-6-3-9-22(16)17/h1,4-5,12-13,21H,2-3,6-11H2. The molecule has 28 heavy (non-hydrogen) atoms. The Balaban J connectivity index is 1.46. The topological polar surface area (TPSA) is 101 Å². The third-order valence-corrected chi connectivity index (χ3v) is 6.39. The van der Waals surface area contributed by atoms with E-state index in [0.29, 0.717) is 12.1 Å². The van der Waals surface area contributed by atoms with Crippen molar-refractivity contribution >= 4 is 27.5 Å². The molecular formula is C19H22N4O4S. The summed E-state index contributed by atoms with van der Waals surface area (Å²) in [5.41, 5.74) is 2.31. The Morgan fingerprint density at radius 2 is 1.86 bits per heavy atom. The number of carbonyl (C=O) groups is 2. The summed E-state index contributed by atoms with van der Waals surface area (Å²) in [6.45, 7) is 0.793. The van der Waals surface area contributed by atoms with E-state index in [1.165, 1.54) is 0 Å². The third kappa shape index (κ3) is 3.80. The molecule has 2 aromatic rings. The van der Waals surface area contributed by atoms with Crippen LogP contribution in [0.5, 0.6) is 0 Å². The fraction of sp³-hybridized carbons (Fsp3) is 0.421. The summed E-state index contributed by atoms with van der Waals surface area (Å²) in [4.78, 5) is 29.1. The lowest BCUT2D eigenvalue weighted by atomic mass is 10.1. The summed E-state index contributed by atoms with van der Waals surface area (Å²) >= 11 is 0. The quantitative estimate of drug-likeness (QED) is 0.742. The van der Waals surface area contributed by atoms with Gasteiger partial charge in [0, 0.05) is 43.6 Å². The van der Waals surface area contributed by atoms with Crippen molar-refractivity contribution in [3.05, 3.63) is 36.3 Å². The van der Waals surface area contributed by atoms with Crippen molar-refractivity contribution in [3.8, 4) is 11.3 Å². The maximum atomic E-state index is 12.5. The number of fused-ring (bicyclic) bond motifs is 1. The van der Waals surface area contributed by atoms with Crippen LogP contribution in [0, 0.1) is 0 Å². The molecule has 0 saturated carbocycles. The van der Waals surface area contributed by atoms with Gasteiger partial charge in [0.25, 0.3) is 0 Å². The van der Waals surface area contributed by atoms with Crippen molar-refractivity contribution < 1.29 is 18.0 Å². The van der Waals surface area contributed by atoms with Gasteiger partial charge >= 0.3 is 0 Å². The second kappa shape index (κ2) is 7.38. The van der Waals surface area contributed by atoms with Crippen molar-refractivity contribution in [1.82, 2.24) is 14.5 Å². The Hall–Kier alpha value is -2.68. The molecule has 1 aromatic heterocycles. The second-order valence-corrected chi connectivity index (χ2v) is 8.95. The number of sulfonamides is 1. The Morgan fingerprint density at radius 3 is 2.64 bits per heavy atom. The van der Waals surface area contributed by atoms with Gasteiger partial charge < -0.3 is 4.57 Å². The Kier molecular flexibility index (Phi) is 4.92. The van der Waals surface area contributed by atoms with Crippen LogP contribution in [0.2, 0.25) is 0 Å². The van der Waals surface area contributed by atoms with Crippen LogP contribution in [-0.2, 0) is 32.6 Å². The number of carbonyl (C=O) groups excluding carboxylic acids is 2. The second-order valence-electron chi connectivity index (χ2n) is 7.11. The van der Waals surface area contributed by atoms with Crippen molar-refractivity contribution in [1.29, 1.82) is 0 Å². The number of amides is 2. The van der Waals surface area contributed by atoms with E-state index in [4.69, 9.17) is 0 Å². The number of anilines is 1. The predicted octanol–water partition coefficient (Wildman–Crippen LogP) is 1.78. The van der Waals surface area contributed by atoms with Gasteiger partial charge in [-0.1, -0.05) is 12.1 Å². The highest BCUT2D eigenvalue weighted by molar-refractivity contribution is 7.92. The lowest BCUT2D eigenvalue weighted by molar-refractivity contribution is -0.147. The molecule has 0 radical (unpaired) electrons. The molecule has 1 aromatic carbocycles. The molecule has 0 atom stereocenters. The molecule has 2 amide bonds.